The lowest BCUT2D eigenvalue weighted by Crippen LogP contribution is -2.12. The predicted molar refractivity (Wildman–Crippen MR) is 62.1 cm³/mol. The van der Waals surface area contributed by atoms with Crippen LogP contribution in [0, 0.1) is 5.92 Å². The number of carboxylic acids is 1. The van der Waals surface area contributed by atoms with Crippen LogP contribution in [0.4, 0.5) is 0 Å². The van der Waals surface area contributed by atoms with Crippen LogP contribution in [-0.4, -0.2) is 22.6 Å². The number of carbonyl (C=O) groups is 1. The second-order valence-electron chi connectivity index (χ2n) is 3.20. The zero-order valence-electron chi connectivity index (χ0n) is 8.10. The van der Waals surface area contributed by atoms with Crippen molar-refractivity contribution in [2.24, 2.45) is 5.92 Å². The van der Waals surface area contributed by atoms with E-state index in [4.69, 9.17) is 5.11 Å². The summed E-state index contributed by atoms with van der Waals surface area (Å²) in [6.45, 7) is 1.75. The minimum Gasteiger partial charge on any atom is -0.481 e. The van der Waals surface area contributed by atoms with Crippen LogP contribution < -0.4 is 0 Å². The summed E-state index contributed by atoms with van der Waals surface area (Å²) in [5, 5.41) is 12.9. The Labute approximate surface area is 92.3 Å². The van der Waals surface area contributed by atoms with Gasteiger partial charge in [0.05, 0.1) is 5.92 Å². The Morgan fingerprint density at radius 3 is 3.07 bits per heavy atom. The molecule has 0 fully saturated rings. The van der Waals surface area contributed by atoms with Crippen LogP contribution in [0.15, 0.2) is 16.8 Å². The van der Waals surface area contributed by atoms with Gasteiger partial charge in [0, 0.05) is 5.75 Å². The highest BCUT2D eigenvalue weighted by atomic mass is 32.2. The number of thioether (sulfide) groups is 1. The molecule has 1 aromatic rings. The molecule has 0 aliphatic carbocycles. The summed E-state index contributed by atoms with van der Waals surface area (Å²) in [5.74, 6) is 0.781. The maximum Gasteiger partial charge on any atom is 0.307 e. The summed E-state index contributed by atoms with van der Waals surface area (Å²) < 4.78 is 0. The van der Waals surface area contributed by atoms with Gasteiger partial charge in [0.15, 0.2) is 0 Å². The Morgan fingerprint density at radius 2 is 2.50 bits per heavy atom. The van der Waals surface area contributed by atoms with Gasteiger partial charge in [0.1, 0.15) is 0 Å². The van der Waals surface area contributed by atoms with Gasteiger partial charge < -0.3 is 5.11 Å². The highest BCUT2D eigenvalue weighted by molar-refractivity contribution is 7.99. The van der Waals surface area contributed by atoms with E-state index in [0.717, 1.165) is 12.2 Å². The van der Waals surface area contributed by atoms with Crippen molar-refractivity contribution >= 4 is 29.1 Å². The first-order valence-electron chi connectivity index (χ1n) is 4.51. The van der Waals surface area contributed by atoms with E-state index in [0.29, 0.717) is 5.75 Å². The molecule has 4 heteroatoms. The molecule has 0 saturated carbocycles. The van der Waals surface area contributed by atoms with Gasteiger partial charge in [-0.05, 0) is 34.6 Å². The van der Waals surface area contributed by atoms with E-state index in [9.17, 15) is 4.79 Å². The molecule has 0 radical (unpaired) electrons. The summed E-state index contributed by atoms with van der Waals surface area (Å²) in [7, 11) is 0. The molecule has 14 heavy (non-hydrogen) atoms. The van der Waals surface area contributed by atoms with Crippen LogP contribution in [0.5, 0.6) is 0 Å². The quantitative estimate of drug-likeness (QED) is 0.764. The maximum atomic E-state index is 10.5. The summed E-state index contributed by atoms with van der Waals surface area (Å²) in [4.78, 5) is 10.5. The molecule has 0 spiro atoms. The molecular weight excluding hydrogens is 216 g/mol. The molecule has 1 unspecified atom stereocenters. The van der Waals surface area contributed by atoms with Gasteiger partial charge in [-0.25, -0.2) is 0 Å². The second-order valence-corrected chi connectivity index (χ2v) is 5.13. The van der Waals surface area contributed by atoms with Crippen LogP contribution >= 0.6 is 23.1 Å². The van der Waals surface area contributed by atoms with Crippen molar-refractivity contribution < 1.29 is 9.90 Å². The molecular formula is C10H14O2S2. The Morgan fingerprint density at radius 1 is 1.71 bits per heavy atom. The normalized spacial score (nSPS) is 12.6. The smallest absolute Gasteiger partial charge is 0.307 e. The zero-order chi connectivity index (χ0) is 10.4. The number of aliphatic carboxylic acids is 1. The molecule has 2 nitrogen and oxygen atoms in total. The zero-order valence-corrected chi connectivity index (χ0v) is 9.74. The van der Waals surface area contributed by atoms with E-state index in [1.165, 1.54) is 5.56 Å². The Bertz CT molecular complexity index is 270. The topological polar surface area (TPSA) is 37.3 Å². The van der Waals surface area contributed by atoms with E-state index < -0.39 is 5.97 Å². The molecule has 0 bridgehead atoms. The van der Waals surface area contributed by atoms with Crippen LogP contribution in [0.25, 0.3) is 0 Å². The maximum absolute atomic E-state index is 10.5. The van der Waals surface area contributed by atoms with E-state index in [1.54, 1.807) is 30.0 Å². The lowest BCUT2D eigenvalue weighted by atomic mass is 10.2. The van der Waals surface area contributed by atoms with E-state index in [-0.39, 0.29) is 5.92 Å². The van der Waals surface area contributed by atoms with Gasteiger partial charge in [-0.15, -0.1) is 0 Å². The minimum absolute atomic E-state index is 0.234. The Kier molecular flexibility index (Phi) is 5.04. The number of thiophene rings is 1. The summed E-state index contributed by atoms with van der Waals surface area (Å²) in [5.41, 5.74) is 1.35. The van der Waals surface area contributed by atoms with Gasteiger partial charge in [0.2, 0.25) is 0 Å². The van der Waals surface area contributed by atoms with Crippen molar-refractivity contribution in [3.63, 3.8) is 0 Å². The van der Waals surface area contributed by atoms with Crippen molar-refractivity contribution in [1.29, 1.82) is 0 Å². The first-order chi connectivity index (χ1) is 6.70. The number of aryl methyl sites for hydroxylation is 1. The van der Waals surface area contributed by atoms with E-state index in [1.807, 2.05) is 0 Å². The molecule has 1 heterocycles. The fourth-order valence-electron chi connectivity index (χ4n) is 0.956. The highest BCUT2D eigenvalue weighted by Crippen LogP contribution is 2.13. The first-order valence-corrected chi connectivity index (χ1v) is 6.61. The van der Waals surface area contributed by atoms with Crippen molar-refractivity contribution in [2.45, 2.75) is 13.3 Å². The Hall–Kier alpha value is -0.480. The molecule has 0 aliphatic heterocycles. The van der Waals surface area contributed by atoms with Crippen molar-refractivity contribution in [1.82, 2.24) is 0 Å². The fourth-order valence-corrected chi connectivity index (χ4v) is 2.70. The number of hydrogen-bond donors (Lipinski definition) is 1. The van der Waals surface area contributed by atoms with Gasteiger partial charge in [-0.1, -0.05) is 6.92 Å². The highest BCUT2D eigenvalue weighted by Gasteiger charge is 2.09. The molecule has 1 rings (SSSR count). The number of carboxylic acid groups (broad SMARTS) is 1. The van der Waals surface area contributed by atoms with Gasteiger partial charge >= 0.3 is 5.97 Å². The van der Waals surface area contributed by atoms with E-state index >= 15 is 0 Å². The molecule has 0 aromatic carbocycles. The molecule has 1 aromatic heterocycles. The van der Waals surface area contributed by atoms with Crippen LogP contribution in [0.2, 0.25) is 0 Å². The largest absolute Gasteiger partial charge is 0.481 e. The SMILES string of the molecule is CC(CSCCc1ccsc1)C(=O)O. The van der Waals surface area contributed by atoms with Crippen molar-refractivity contribution in [3.8, 4) is 0 Å². The minimum atomic E-state index is -0.701. The number of rotatable bonds is 6. The molecule has 0 saturated heterocycles. The summed E-state index contributed by atoms with van der Waals surface area (Å²) >= 11 is 3.42. The lowest BCUT2D eigenvalue weighted by Gasteiger charge is -2.04. The average Bonchev–Trinajstić information content (AvgIpc) is 2.64. The second kappa shape index (κ2) is 6.09. The molecule has 1 atom stereocenters. The third-order valence-corrected chi connectivity index (χ3v) is 3.87. The molecule has 78 valence electrons. The third kappa shape index (κ3) is 4.15. The number of hydrogen-bond acceptors (Lipinski definition) is 3. The first kappa shape index (κ1) is 11.6. The van der Waals surface area contributed by atoms with Crippen LogP contribution in [-0.2, 0) is 11.2 Å². The van der Waals surface area contributed by atoms with E-state index in [2.05, 4.69) is 16.8 Å². The molecule has 0 aliphatic rings. The third-order valence-electron chi connectivity index (χ3n) is 1.90. The van der Waals surface area contributed by atoms with Gasteiger partial charge in [-0.2, -0.15) is 23.1 Å². The van der Waals surface area contributed by atoms with Gasteiger partial charge in [0.25, 0.3) is 0 Å². The van der Waals surface area contributed by atoms with Crippen molar-refractivity contribution in [2.75, 3.05) is 11.5 Å². The van der Waals surface area contributed by atoms with Gasteiger partial charge in [-0.3, -0.25) is 4.79 Å². The monoisotopic (exact) mass is 230 g/mol. The lowest BCUT2D eigenvalue weighted by molar-refractivity contribution is -0.140. The predicted octanol–water partition coefficient (Wildman–Crippen LogP) is 2.74. The fraction of sp³-hybridized carbons (Fsp3) is 0.500. The molecule has 0 amide bonds. The average molecular weight is 230 g/mol. The van der Waals surface area contributed by atoms with Crippen LogP contribution in [0.3, 0.4) is 0 Å². The van der Waals surface area contributed by atoms with Crippen molar-refractivity contribution in [3.05, 3.63) is 22.4 Å². The summed E-state index contributed by atoms with van der Waals surface area (Å²) in [6, 6.07) is 2.12. The summed E-state index contributed by atoms with van der Waals surface area (Å²) in [6.07, 6.45) is 1.04. The Balaban J connectivity index is 2.08. The standard InChI is InChI=1S/C10H14O2S2/c1-8(10(11)12)6-13-4-2-9-3-5-14-7-9/h3,5,7-8H,2,4,6H2,1H3,(H,11,12). The molecule has 1 N–H and O–H groups in total. The van der Waals surface area contributed by atoms with Crippen LogP contribution in [0.1, 0.15) is 12.5 Å².